The fourth-order valence-corrected chi connectivity index (χ4v) is 3.60. The molecule has 2 amide bonds. The van der Waals surface area contributed by atoms with E-state index in [0.29, 0.717) is 11.6 Å². The number of carbonyl (C=O) groups is 3. The third kappa shape index (κ3) is 5.61. The van der Waals surface area contributed by atoms with Gasteiger partial charge in [0.2, 0.25) is 5.91 Å². The molecule has 0 aliphatic heterocycles. The van der Waals surface area contributed by atoms with E-state index in [1.165, 1.54) is 0 Å². The number of halogens is 2. The van der Waals surface area contributed by atoms with Gasteiger partial charge in [0, 0.05) is 19.0 Å². The average molecular weight is 435 g/mol. The van der Waals surface area contributed by atoms with Crippen LogP contribution in [0.3, 0.4) is 0 Å². The highest BCUT2D eigenvalue weighted by Gasteiger charge is 2.22. The van der Waals surface area contributed by atoms with Gasteiger partial charge in [0.25, 0.3) is 5.91 Å². The molecule has 158 valence electrons. The van der Waals surface area contributed by atoms with Crippen molar-refractivity contribution in [3.05, 3.63) is 51.4 Å². The zero-order valence-electron chi connectivity index (χ0n) is 16.3. The number of hydrogen-bond acceptors (Lipinski definition) is 6. The lowest BCUT2D eigenvalue weighted by Gasteiger charge is -2.07. The van der Waals surface area contributed by atoms with Crippen LogP contribution >= 0.6 is 11.3 Å². The Bertz CT molecular complexity index is 1010. The number of hydrogen-bond donors (Lipinski definition) is 2. The molecule has 0 spiro atoms. The lowest BCUT2D eigenvalue weighted by Crippen LogP contribution is -2.26. The summed E-state index contributed by atoms with van der Waals surface area (Å²) in [7, 11) is 0. The predicted molar refractivity (Wildman–Crippen MR) is 106 cm³/mol. The molecule has 1 aromatic heterocycles. The van der Waals surface area contributed by atoms with Crippen LogP contribution < -0.4 is 10.6 Å². The molecular formula is C20H19F2N3O4S. The van der Waals surface area contributed by atoms with Crippen LogP contribution in [0.25, 0.3) is 0 Å². The third-order valence-electron chi connectivity index (χ3n) is 4.01. The molecule has 2 aromatic rings. The van der Waals surface area contributed by atoms with Gasteiger partial charge in [-0.1, -0.05) is 0 Å². The SMILES string of the molecule is CCOC(=O)c1sc(NC(=O)CCCNC(=O)c2ccc(F)cc2F)c(C#N)c1C. The van der Waals surface area contributed by atoms with E-state index in [1.807, 2.05) is 6.07 Å². The van der Waals surface area contributed by atoms with Crippen LogP contribution in [0.5, 0.6) is 0 Å². The normalized spacial score (nSPS) is 10.2. The minimum absolute atomic E-state index is 0.0166. The van der Waals surface area contributed by atoms with E-state index >= 15 is 0 Å². The van der Waals surface area contributed by atoms with Crippen molar-refractivity contribution < 1.29 is 27.9 Å². The number of carbonyl (C=O) groups excluding carboxylic acids is 3. The Labute approximate surface area is 175 Å². The third-order valence-corrected chi connectivity index (χ3v) is 5.20. The molecule has 0 saturated carbocycles. The Balaban J connectivity index is 1.89. The topological polar surface area (TPSA) is 108 Å². The van der Waals surface area contributed by atoms with Crippen molar-refractivity contribution in [3.8, 4) is 6.07 Å². The van der Waals surface area contributed by atoms with Crippen LogP contribution in [-0.4, -0.2) is 30.9 Å². The fourth-order valence-electron chi connectivity index (χ4n) is 2.54. The summed E-state index contributed by atoms with van der Waals surface area (Å²) in [6.45, 7) is 3.54. The Kier molecular flexibility index (Phi) is 8.00. The van der Waals surface area contributed by atoms with Crippen LogP contribution in [0.15, 0.2) is 18.2 Å². The summed E-state index contributed by atoms with van der Waals surface area (Å²) in [6, 6.07) is 4.59. The Morgan fingerprint density at radius 3 is 2.63 bits per heavy atom. The van der Waals surface area contributed by atoms with Crippen LogP contribution in [0.1, 0.15) is 50.9 Å². The van der Waals surface area contributed by atoms with Gasteiger partial charge in [-0.05, 0) is 38.0 Å². The lowest BCUT2D eigenvalue weighted by atomic mass is 10.1. The largest absolute Gasteiger partial charge is 0.462 e. The summed E-state index contributed by atoms with van der Waals surface area (Å²) in [6.07, 6.45) is 0.264. The van der Waals surface area contributed by atoms with E-state index in [0.717, 1.165) is 23.5 Å². The highest BCUT2D eigenvalue weighted by atomic mass is 32.1. The number of thiophene rings is 1. The molecule has 0 bridgehead atoms. The van der Waals surface area contributed by atoms with E-state index in [1.54, 1.807) is 13.8 Å². The first-order valence-corrected chi connectivity index (χ1v) is 9.83. The van der Waals surface area contributed by atoms with Crippen LogP contribution in [-0.2, 0) is 9.53 Å². The van der Waals surface area contributed by atoms with E-state index < -0.39 is 29.4 Å². The number of nitrogens with one attached hydrogen (secondary N) is 2. The molecule has 30 heavy (non-hydrogen) atoms. The molecule has 1 aromatic carbocycles. The van der Waals surface area contributed by atoms with Gasteiger partial charge < -0.3 is 15.4 Å². The molecular weight excluding hydrogens is 416 g/mol. The number of nitrogens with zero attached hydrogens (tertiary/aromatic N) is 1. The van der Waals surface area contributed by atoms with E-state index in [2.05, 4.69) is 10.6 Å². The minimum atomic E-state index is -0.972. The van der Waals surface area contributed by atoms with Crippen LogP contribution in [0.2, 0.25) is 0 Å². The summed E-state index contributed by atoms with van der Waals surface area (Å²) in [4.78, 5) is 36.3. The number of esters is 1. The average Bonchev–Trinajstić information content (AvgIpc) is 3.00. The molecule has 2 rings (SSSR count). The van der Waals surface area contributed by atoms with E-state index in [-0.39, 0.29) is 47.0 Å². The van der Waals surface area contributed by atoms with Gasteiger partial charge in [0.05, 0.1) is 17.7 Å². The van der Waals surface area contributed by atoms with Crippen molar-refractivity contribution in [2.24, 2.45) is 0 Å². The number of anilines is 1. The number of ether oxygens (including phenoxy) is 1. The molecule has 0 saturated heterocycles. The van der Waals surface area contributed by atoms with Gasteiger partial charge in [-0.3, -0.25) is 9.59 Å². The van der Waals surface area contributed by atoms with Crippen LogP contribution in [0.4, 0.5) is 13.8 Å². The molecule has 2 N–H and O–H groups in total. The summed E-state index contributed by atoms with van der Waals surface area (Å²) in [5.74, 6) is -3.45. The second-order valence-corrected chi connectivity index (χ2v) is 7.15. The van der Waals surface area contributed by atoms with E-state index in [9.17, 15) is 28.4 Å². The number of amides is 2. The first-order valence-electron chi connectivity index (χ1n) is 9.02. The van der Waals surface area contributed by atoms with Gasteiger partial charge in [-0.2, -0.15) is 5.26 Å². The lowest BCUT2D eigenvalue weighted by molar-refractivity contribution is -0.116. The summed E-state index contributed by atoms with van der Waals surface area (Å²) >= 11 is 0.960. The van der Waals surface area contributed by atoms with Crippen LogP contribution in [0, 0.1) is 29.9 Å². The standard InChI is InChI=1S/C20H19F2N3O4S/c1-3-29-20(28)17-11(2)14(10-23)19(30-17)25-16(26)5-4-8-24-18(27)13-7-6-12(21)9-15(13)22/h6-7,9H,3-5,8H2,1-2H3,(H,24,27)(H,25,26). The Hall–Kier alpha value is -3.32. The monoisotopic (exact) mass is 435 g/mol. The van der Waals surface area contributed by atoms with Gasteiger partial charge in [-0.25, -0.2) is 13.6 Å². The smallest absolute Gasteiger partial charge is 0.348 e. The predicted octanol–water partition coefficient (Wildman–Crippen LogP) is 3.53. The molecule has 0 fully saturated rings. The zero-order valence-corrected chi connectivity index (χ0v) is 17.1. The maximum atomic E-state index is 13.6. The summed E-state index contributed by atoms with van der Waals surface area (Å²) in [5.41, 5.74) is 0.335. The molecule has 1 heterocycles. The first kappa shape index (κ1) is 23.0. The van der Waals surface area contributed by atoms with Gasteiger partial charge >= 0.3 is 5.97 Å². The second kappa shape index (κ2) is 10.5. The Morgan fingerprint density at radius 2 is 2.00 bits per heavy atom. The van der Waals surface area contributed by atoms with Crippen molar-refractivity contribution in [2.75, 3.05) is 18.5 Å². The second-order valence-electron chi connectivity index (χ2n) is 6.12. The zero-order chi connectivity index (χ0) is 22.3. The highest BCUT2D eigenvalue weighted by Crippen LogP contribution is 2.33. The molecule has 0 atom stereocenters. The Morgan fingerprint density at radius 1 is 1.27 bits per heavy atom. The van der Waals surface area contributed by atoms with Crippen molar-refractivity contribution in [1.29, 1.82) is 5.26 Å². The molecule has 0 unspecified atom stereocenters. The summed E-state index contributed by atoms with van der Waals surface area (Å²) in [5, 5.41) is 14.6. The summed E-state index contributed by atoms with van der Waals surface area (Å²) < 4.78 is 31.4. The van der Waals surface area contributed by atoms with Gasteiger partial charge in [0.15, 0.2) is 0 Å². The fraction of sp³-hybridized carbons (Fsp3) is 0.300. The quantitative estimate of drug-likeness (QED) is 0.487. The van der Waals surface area contributed by atoms with Crippen molar-refractivity contribution in [1.82, 2.24) is 5.32 Å². The van der Waals surface area contributed by atoms with Crippen molar-refractivity contribution >= 4 is 34.1 Å². The van der Waals surface area contributed by atoms with Crippen molar-refractivity contribution in [2.45, 2.75) is 26.7 Å². The highest BCUT2D eigenvalue weighted by molar-refractivity contribution is 7.18. The van der Waals surface area contributed by atoms with Gasteiger partial charge in [0.1, 0.15) is 27.6 Å². The maximum Gasteiger partial charge on any atom is 0.348 e. The maximum absolute atomic E-state index is 13.6. The number of benzene rings is 1. The molecule has 10 heteroatoms. The number of rotatable bonds is 8. The molecule has 7 nitrogen and oxygen atoms in total. The number of nitriles is 1. The first-order chi connectivity index (χ1) is 14.3. The molecule has 0 aliphatic rings. The minimum Gasteiger partial charge on any atom is -0.462 e. The van der Waals surface area contributed by atoms with E-state index in [4.69, 9.17) is 4.74 Å². The molecule has 0 radical (unpaired) electrons. The van der Waals surface area contributed by atoms with Crippen molar-refractivity contribution in [3.63, 3.8) is 0 Å². The molecule has 0 aliphatic carbocycles. The van der Waals surface area contributed by atoms with Gasteiger partial charge in [-0.15, -0.1) is 11.3 Å².